The Hall–Kier alpha value is -1.55. The molecule has 3 aliphatic rings. The van der Waals surface area contributed by atoms with Gasteiger partial charge in [-0.3, -0.25) is 0 Å². The molecule has 2 fully saturated rings. The van der Waals surface area contributed by atoms with Gasteiger partial charge in [0.1, 0.15) is 12.9 Å². The number of phenolic OH excluding ortho intramolecular Hbond substituents is 1. The van der Waals surface area contributed by atoms with Crippen molar-refractivity contribution >= 4 is 5.71 Å². The molecule has 23 heavy (non-hydrogen) atoms. The van der Waals surface area contributed by atoms with Gasteiger partial charge >= 0.3 is 0 Å². The summed E-state index contributed by atoms with van der Waals surface area (Å²) in [5.41, 5.74) is 3.66. The molecule has 1 aromatic carbocycles. The summed E-state index contributed by atoms with van der Waals surface area (Å²) in [6.45, 7) is 2.26. The molecule has 2 N–H and O–H groups in total. The summed E-state index contributed by atoms with van der Waals surface area (Å²) < 4.78 is 0. The normalized spacial score (nSPS) is 40.4. The summed E-state index contributed by atoms with van der Waals surface area (Å²) >= 11 is 0. The van der Waals surface area contributed by atoms with Crippen LogP contribution in [0.3, 0.4) is 0 Å². The molecule has 0 amide bonds. The topological polar surface area (TPSA) is 62.0 Å². The van der Waals surface area contributed by atoms with E-state index < -0.39 is 0 Å². The molecule has 0 radical (unpaired) electrons. The van der Waals surface area contributed by atoms with E-state index in [9.17, 15) is 10.2 Å². The van der Waals surface area contributed by atoms with E-state index in [1.165, 1.54) is 11.1 Å². The third-order valence-corrected chi connectivity index (χ3v) is 6.64. The Morgan fingerprint density at radius 3 is 2.91 bits per heavy atom. The fraction of sp³-hybridized carbons (Fsp3) is 0.632. The molecule has 0 unspecified atom stereocenters. The second kappa shape index (κ2) is 5.23. The number of aliphatic hydroxyl groups is 1. The quantitative estimate of drug-likeness (QED) is 0.782. The summed E-state index contributed by atoms with van der Waals surface area (Å²) in [5, 5.41) is 24.7. The molecular weight excluding hydrogens is 290 g/mol. The Bertz CT molecular complexity index is 656. The fourth-order valence-electron chi connectivity index (χ4n) is 5.67. The fourth-order valence-corrected chi connectivity index (χ4v) is 5.67. The van der Waals surface area contributed by atoms with Crippen LogP contribution in [0, 0.1) is 17.3 Å². The van der Waals surface area contributed by atoms with Crippen molar-refractivity contribution in [1.82, 2.24) is 0 Å². The van der Waals surface area contributed by atoms with E-state index in [1.807, 2.05) is 6.07 Å². The van der Waals surface area contributed by atoms with Gasteiger partial charge in [0.15, 0.2) is 0 Å². The van der Waals surface area contributed by atoms with Gasteiger partial charge in [0.05, 0.1) is 11.8 Å². The van der Waals surface area contributed by atoms with Gasteiger partial charge in [-0.05, 0) is 66.7 Å². The average Bonchev–Trinajstić information content (AvgIpc) is 2.78. The minimum atomic E-state index is -0.319. The molecule has 0 aromatic heterocycles. The van der Waals surface area contributed by atoms with Crippen LogP contribution in [-0.4, -0.2) is 29.1 Å². The first kappa shape index (κ1) is 15.0. The van der Waals surface area contributed by atoms with E-state index in [0.717, 1.165) is 31.4 Å². The number of rotatable bonds is 1. The number of hydrogen-bond acceptors (Lipinski definition) is 4. The van der Waals surface area contributed by atoms with Crippen LogP contribution in [-0.2, 0) is 11.3 Å². The predicted octanol–water partition coefficient (Wildman–Crippen LogP) is 3.22. The lowest BCUT2D eigenvalue weighted by atomic mass is 9.55. The van der Waals surface area contributed by atoms with Gasteiger partial charge in [0.25, 0.3) is 0 Å². The number of aryl methyl sites for hydroxylation is 1. The second-order valence-electron chi connectivity index (χ2n) is 7.67. The van der Waals surface area contributed by atoms with Crippen molar-refractivity contribution in [3.63, 3.8) is 0 Å². The second-order valence-corrected chi connectivity index (χ2v) is 7.67. The summed E-state index contributed by atoms with van der Waals surface area (Å²) in [4.78, 5) is 5.04. The molecule has 1 aromatic rings. The number of hydrogen-bond donors (Lipinski definition) is 2. The van der Waals surface area contributed by atoms with Gasteiger partial charge in [0, 0.05) is 11.8 Å². The standard InChI is InChI=1S/C19H25NO3/c1-19-8-7-14-13-6-4-12(21)9-11(13)3-5-15(14)18(19)16(22)10-17(19)20-23-2/h4,6,9,14-16,18,21-22H,3,5,7-8,10H2,1-2H3/b20-17+/t14-,15-,16-,18-,19-/m1/s1. The highest BCUT2D eigenvalue weighted by atomic mass is 16.6. The van der Waals surface area contributed by atoms with Crippen molar-refractivity contribution in [3.05, 3.63) is 29.3 Å². The number of nitrogens with zero attached hydrogens (tertiary/aromatic N) is 1. The summed E-state index contributed by atoms with van der Waals surface area (Å²) in [6.07, 6.45) is 4.55. The predicted molar refractivity (Wildman–Crippen MR) is 88.6 cm³/mol. The first-order valence-corrected chi connectivity index (χ1v) is 8.65. The molecule has 3 aliphatic carbocycles. The first-order valence-electron chi connectivity index (χ1n) is 8.65. The highest BCUT2D eigenvalue weighted by molar-refractivity contribution is 5.92. The molecule has 4 rings (SSSR count). The van der Waals surface area contributed by atoms with E-state index >= 15 is 0 Å². The van der Waals surface area contributed by atoms with Crippen LogP contribution in [0.15, 0.2) is 23.4 Å². The van der Waals surface area contributed by atoms with Gasteiger partial charge in [0.2, 0.25) is 0 Å². The monoisotopic (exact) mass is 315 g/mol. The Kier molecular flexibility index (Phi) is 3.41. The number of aliphatic hydroxyl groups excluding tert-OH is 1. The Balaban J connectivity index is 1.72. The van der Waals surface area contributed by atoms with Crippen LogP contribution in [0.1, 0.15) is 49.7 Å². The maximum absolute atomic E-state index is 10.7. The van der Waals surface area contributed by atoms with Crippen LogP contribution in [0.25, 0.3) is 0 Å². The molecule has 124 valence electrons. The minimum absolute atomic E-state index is 0.0367. The van der Waals surface area contributed by atoms with Crippen LogP contribution < -0.4 is 0 Å². The van der Waals surface area contributed by atoms with E-state index in [0.29, 0.717) is 24.0 Å². The maximum atomic E-state index is 10.7. The molecule has 0 aliphatic heterocycles. The SMILES string of the molecule is CO/N=C1\C[C@@H](O)[C@H]2[C@@H]3CCc4cc(O)ccc4[C@H]3CC[C@]12C. The van der Waals surface area contributed by atoms with Crippen LogP contribution in [0.5, 0.6) is 5.75 Å². The van der Waals surface area contributed by atoms with E-state index in [1.54, 1.807) is 13.2 Å². The zero-order valence-corrected chi connectivity index (χ0v) is 13.8. The van der Waals surface area contributed by atoms with Crippen LogP contribution in [0.2, 0.25) is 0 Å². The Morgan fingerprint density at radius 1 is 1.30 bits per heavy atom. The summed E-state index contributed by atoms with van der Waals surface area (Å²) in [7, 11) is 1.59. The average molecular weight is 315 g/mol. The lowest BCUT2D eigenvalue weighted by Gasteiger charge is -2.49. The van der Waals surface area contributed by atoms with Gasteiger partial charge in [-0.1, -0.05) is 18.1 Å². The molecule has 4 heteroatoms. The third-order valence-electron chi connectivity index (χ3n) is 6.64. The Labute approximate surface area is 137 Å². The van der Waals surface area contributed by atoms with Gasteiger partial charge in [-0.25, -0.2) is 0 Å². The van der Waals surface area contributed by atoms with Crippen LogP contribution in [0.4, 0.5) is 0 Å². The smallest absolute Gasteiger partial charge is 0.115 e. The van der Waals surface area contributed by atoms with Gasteiger partial charge in [-0.15, -0.1) is 0 Å². The number of fused-ring (bicyclic) bond motifs is 5. The third kappa shape index (κ3) is 2.11. The van der Waals surface area contributed by atoms with Crippen molar-refractivity contribution in [2.24, 2.45) is 22.4 Å². The zero-order chi connectivity index (χ0) is 16.2. The molecular formula is C19H25NO3. The largest absolute Gasteiger partial charge is 0.508 e. The van der Waals surface area contributed by atoms with Crippen LogP contribution >= 0.6 is 0 Å². The molecule has 5 atom stereocenters. The maximum Gasteiger partial charge on any atom is 0.115 e. The number of phenols is 1. The highest BCUT2D eigenvalue weighted by Crippen LogP contribution is 2.60. The van der Waals surface area contributed by atoms with Crippen molar-refractivity contribution < 1.29 is 15.1 Å². The molecule has 0 bridgehead atoms. The van der Waals surface area contributed by atoms with Crippen molar-refractivity contribution in [2.75, 3.05) is 7.11 Å². The zero-order valence-electron chi connectivity index (χ0n) is 13.8. The van der Waals surface area contributed by atoms with Gasteiger partial charge < -0.3 is 15.1 Å². The van der Waals surface area contributed by atoms with Crippen molar-refractivity contribution in [3.8, 4) is 5.75 Å². The van der Waals surface area contributed by atoms with E-state index in [-0.39, 0.29) is 17.4 Å². The lowest BCUT2D eigenvalue weighted by Crippen LogP contribution is -2.45. The molecule has 0 spiro atoms. The number of benzene rings is 1. The summed E-state index contributed by atoms with van der Waals surface area (Å²) in [5.74, 6) is 1.61. The van der Waals surface area contributed by atoms with Crippen molar-refractivity contribution in [1.29, 1.82) is 0 Å². The van der Waals surface area contributed by atoms with E-state index in [4.69, 9.17) is 4.84 Å². The first-order chi connectivity index (χ1) is 11.0. The highest BCUT2D eigenvalue weighted by Gasteiger charge is 2.57. The number of oxime groups is 1. The van der Waals surface area contributed by atoms with Gasteiger partial charge in [-0.2, -0.15) is 0 Å². The molecule has 0 heterocycles. The van der Waals surface area contributed by atoms with Crippen molar-refractivity contribution in [2.45, 2.75) is 51.0 Å². The number of aromatic hydroxyl groups is 1. The lowest BCUT2D eigenvalue weighted by molar-refractivity contribution is 0.00214. The summed E-state index contributed by atoms with van der Waals surface area (Å²) in [6, 6.07) is 5.82. The van der Waals surface area contributed by atoms with E-state index in [2.05, 4.69) is 18.1 Å². The molecule has 2 saturated carbocycles. The Morgan fingerprint density at radius 2 is 2.13 bits per heavy atom. The molecule has 4 nitrogen and oxygen atoms in total. The minimum Gasteiger partial charge on any atom is -0.508 e. The molecule has 0 saturated heterocycles.